The van der Waals surface area contributed by atoms with Gasteiger partial charge in [-0.1, -0.05) is 0 Å². The predicted octanol–water partition coefficient (Wildman–Crippen LogP) is 0.592. The summed E-state index contributed by atoms with van der Waals surface area (Å²) in [6, 6.07) is 6.01. The van der Waals surface area contributed by atoms with Gasteiger partial charge in [0.25, 0.3) is 0 Å². The maximum atomic E-state index is 11.7. The van der Waals surface area contributed by atoms with Gasteiger partial charge in [0, 0.05) is 24.3 Å². The molecule has 3 amide bonds. The van der Waals surface area contributed by atoms with Gasteiger partial charge < -0.3 is 16.0 Å². The number of nitrogens with one attached hydrogen (secondary N) is 1. The van der Waals surface area contributed by atoms with E-state index in [9.17, 15) is 14.4 Å². The minimum absolute atomic E-state index is 0.341. The van der Waals surface area contributed by atoms with E-state index in [4.69, 9.17) is 5.73 Å². The highest BCUT2D eigenvalue weighted by molar-refractivity contribution is 6.39. The number of rotatable bonds is 4. The Hall–Kier alpha value is -2.37. The summed E-state index contributed by atoms with van der Waals surface area (Å²) in [5.41, 5.74) is 5.88. The number of anilines is 1. The molecule has 0 fully saturated rings. The first kappa shape index (κ1) is 14.7. The van der Waals surface area contributed by atoms with E-state index >= 15 is 0 Å². The Morgan fingerprint density at radius 2 is 1.63 bits per heavy atom. The van der Waals surface area contributed by atoms with Crippen LogP contribution in [0.4, 0.5) is 5.69 Å². The molecule has 0 saturated heterocycles. The molecule has 102 valence electrons. The van der Waals surface area contributed by atoms with Crippen molar-refractivity contribution in [1.29, 1.82) is 0 Å². The molecule has 0 radical (unpaired) electrons. The molecule has 0 heterocycles. The average molecular weight is 263 g/mol. The normalized spacial score (nSPS) is 9.79. The molecule has 0 aliphatic carbocycles. The molecule has 0 aliphatic rings. The molecule has 0 bridgehead atoms. The molecule has 0 saturated carbocycles. The zero-order valence-electron chi connectivity index (χ0n) is 11.0. The molecule has 6 heteroatoms. The molecule has 0 spiro atoms. The lowest BCUT2D eigenvalue weighted by atomic mass is 10.2. The third-order valence-electron chi connectivity index (χ3n) is 2.67. The Morgan fingerprint density at radius 1 is 1.11 bits per heavy atom. The second kappa shape index (κ2) is 6.53. The van der Waals surface area contributed by atoms with Gasteiger partial charge in [0.1, 0.15) is 0 Å². The number of nitrogens with two attached hydrogens (primary N) is 1. The van der Waals surface area contributed by atoms with Crippen molar-refractivity contribution in [2.24, 2.45) is 5.73 Å². The van der Waals surface area contributed by atoms with Crippen LogP contribution in [-0.2, 0) is 9.59 Å². The van der Waals surface area contributed by atoms with Crippen molar-refractivity contribution >= 4 is 23.4 Å². The van der Waals surface area contributed by atoms with E-state index in [2.05, 4.69) is 5.32 Å². The second-order valence-corrected chi connectivity index (χ2v) is 3.87. The topological polar surface area (TPSA) is 92.5 Å². The van der Waals surface area contributed by atoms with Gasteiger partial charge in [-0.25, -0.2) is 0 Å². The maximum Gasteiger partial charge on any atom is 0.313 e. The number of likely N-dealkylation sites (N-methyl/N-ethyl adjacent to an activating group) is 1. The van der Waals surface area contributed by atoms with Crippen molar-refractivity contribution in [3.8, 4) is 0 Å². The number of hydrogen-bond acceptors (Lipinski definition) is 3. The minimum Gasteiger partial charge on any atom is -0.366 e. The van der Waals surface area contributed by atoms with Crippen molar-refractivity contribution in [1.82, 2.24) is 4.90 Å². The number of carbonyl (C=O) groups excluding carboxylic acids is 3. The summed E-state index contributed by atoms with van der Waals surface area (Å²) in [6.45, 7) is 4.55. The largest absolute Gasteiger partial charge is 0.366 e. The summed E-state index contributed by atoms with van der Waals surface area (Å²) in [4.78, 5) is 35.7. The fourth-order valence-electron chi connectivity index (χ4n) is 1.56. The van der Waals surface area contributed by atoms with Gasteiger partial charge in [-0.05, 0) is 38.1 Å². The molecule has 6 nitrogen and oxygen atoms in total. The predicted molar refractivity (Wildman–Crippen MR) is 71.5 cm³/mol. The summed E-state index contributed by atoms with van der Waals surface area (Å²) in [6.07, 6.45) is 0. The molecule has 0 aromatic heterocycles. The molecule has 0 aliphatic heterocycles. The number of amides is 3. The van der Waals surface area contributed by atoms with Crippen LogP contribution in [0, 0.1) is 0 Å². The van der Waals surface area contributed by atoms with E-state index in [-0.39, 0.29) is 0 Å². The summed E-state index contributed by atoms with van der Waals surface area (Å²) in [5, 5.41) is 2.47. The number of primary amides is 1. The van der Waals surface area contributed by atoms with Crippen molar-refractivity contribution in [2.75, 3.05) is 18.4 Å². The second-order valence-electron chi connectivity index (χ2n) is 3.87. The first-order valence-corrected chi connectivity index (χ1v) is 5.99. The number of hydrogen-bond donors (Lipinski definition) is 2. The standard InChI is InChI=1S/C13H17N3O3/c1-3-16(4-2)13(19)12(18)15-10-7-5-9(6-8-10)11(14)17/h5-8H,3-4H2,1-2H3,(H2,14,17)(H,15,18). The summed E-state index contributed by atoms with van der Waals surface area (Å²) in [7, 11) is 0. The van der Waals surface area contributed by atoms with Crippen LogP contribution in [0.15, 0.2) is 24.3 Å². The van der Waals surface area contributed by atoms with E-state index < -0.39 is 17.7 Å². The highest BCUT2D eigenvalue weighted by Gasteiger charge is 2.19. The van der Waals surface area contributed by atoms with Crippen LogP contribution in [-0.4, -0.2) is 35.7 Å². The van der Waals surface area contributed by atoms with Gasteiger partial charge in [0.2, 0.25) is 5.91 Å². The van der Waals surface area contributed by atoms with E-state index in [0.29, 0.717) is 24.3 Å². The minimum atomic E-state index is -0.699. The van der Waals surface area contributed by atoms with Crippen molar-refractivity contribution < 1.29 is 14.4 Å². The van der Waals surface area contributed by atoms with Crippen LogP contribution in [0.25, 0.3) is 0 Å². The summed E-state index contributed by atoms with van der Waals surface area (Å²) >= 11 is 0. The molecular weight excluding hydrogens is 246 g/mol. The number of benzene rings is 1. The van der Waals surface area contributed by atoms with Gasteiger partial charge in [-0.2, -0.15) is 0 Å². The Balaban J connectivity index is 2.71. The maximum absolute atomic E-state index is 11.7. The third kappa shape index (κ3) is 3.80. The number of carbonyl (C=O) groups is 3. The van der Waals surface area contributed by atoms with E-state index in [1.807, 2.05) is 0 Å². The highest BCUT2D eigenvalue weighted by Crippen LogP contribution is 2.09. The lowest BCUT2D eigenvalue weighted by Gasteiger charge is -2.17. The van der Waals surface area contributed by atoms with E-state index in [1.54, 1.807) is 13.8 Å². The molecule has 1 rings (SSSR count). The Kier molecular flexibility index (Phi) is 5.05. The molecule has 3 N–H and O–H groups in total. The van der Waals surface area contributed by atoms with Gasteiger partial charge in [0.15, 0.2) is 0 Å². The van der Waals surface area contributed by atoms with Crippen LogP contribution in [0.5, 0.6) is 0 Å². The smallest absolute Gasteiger partial charge is 0.313 e. The number of nitrogens with zero attached hydrogens (tertiary/aromatic N) is 1. The molecule has 1 aromatic rings. The third-order valence-corrected chi connectivity index (χ3v) is 2.67. The molecule has 0 atom stereocenters. The Bertz CT molecular complexity index is 478. The van der Waals surface area contributed by atoms with Crippen LogP contribution in [0.1, 0.15) is 24.2 Å². The van der Waals surface area contributed by atoms with E-state index in [1.165, 1.54) is 29.2 Å². The molecule has 1 aromatic carbocycles. The summed E-state index contributed by atoms with van der Waals surface area (Å²) in [5.74, 6) is -1.82. The van der Waals surface area contributed by atoms with Gasteiger partial charge >= 0.3 is 11.8 Å². The lowest BCUT2D eigenvalue weighted by Crippen LogP contribution is -2.39. The molecule has 19 heavy (non-hydrogen) atoms. The summed E-state index contributed by atoms with van der Waals surface area (Å²) < 4.78 is 0. The highest BCUT2D eigenvalue weighted by atomic mass is 16.2. The first-order valence-electron chi connectivity index (χ1n) is 5.99. The Morgan fingerprint density at radius 3 is 2.05 bits per heavy atom. The van der Waals surface area contributed by atoms with Crippen molar-refractivity contribution in [2.45, 2.75) is 13.8 Å². The van der Waals surface area contributed by atoms with E-state index in [0.717, 1.165) is 0 Å². The lowest BCUT2D eigenvalue weighted by molar-refractivity contribution is -0.142. The van der Waals surface area contributed by atoms with Crippen LogP contribution < -0.4 is 11.1 Å². The zero-order chi connectivity index (χ0) is 14.4. The van der Waals surface area contributed by atoms with Crippen molar-refractivity contribution in [3.05, 3.63) is 29.8 Å². The van der Waals surface area contributed by atoms with Crippen LogP contribution in [0.3, 0.4) is 0 Å². The van der Waals surface area contributed by atoms with Gasteiger partial charge in [-0.3, -0.25) is 14.4 Å². The first-order chi connectivity index (χ1) is 8.99. The molecular formula is C13H17N3O3. The molecule has 0 unspecified atom stereocenters. The monoisotopic (exact) mass is 263 g/mol. The van der Waals surface area contributed by atoms with Crippen molar-refractivity contribution in [3.63, 3.8) is 0 Å². The Labute approximate surface area is 111 Å². The zero-order valence-corrected chi connectivity index (χ0v) is 11.0. The average Bonchev–Trinajstić information content (AvgIpc) is 2.40. The quantitative estimate of drug-likeness (QED) is 0.779. The van der Waals surface area contributed by atoms with Crippen LogP contribution in [0.2, 0.25) is 0 Å². The van der Waals surface area contributed by atoms with Crippen LogP contribution >= 0.6 is 0 Å². The SMILES string of the molecule is CCN(CC)C(=O)C(=O)Nc1ccc(C(N)=O)cc1. The van der Waals surface area contributed by atoms with Gasteiger partial charge in [0.05, 0.1) is 0 Å². The fourth-order valence-corrected chi connectivity index (χ4v) is 1.56. The van der Waals surface area contributed by atoms with Gasteiger partial charge in [-0.15, -0.1) is 0 Å². The fraction of sp³-hybridized carbons (Fsp3) is 0.308.